The highest BCUT2D eigenvalue weighted by molar-refractivity contribution is 5.95. The third kappa shape index (κ3) is 3.48. The fraction of sp³-hybridized carbons (Fsp3) is 0.474. The predicted octanol–water partition coefficient (Wildman–Crippen LogP) is 2.49. The molecule has 25 heavy (non-hydrogen) atoms. The van der Waals surface area contributed by atoms with E-state index in [4.69, 9.17) is 0 Å². The van der Waals surface area contributed by atoms with Crippen molar-refractivity contribution in [3.8, 4) is 0 Å². The van der Waals surface area contributed by atoms with Crippen LogP contribution in [0.3, 0.4) is 0 Å². The van der Waals surface area contributed by atoms with Gasteiger partial charge < -0.3 is 9.80 Å². The molecule has 1 amide bonds. The van der Waals surface area contributed by atoms with E-state index in [0.717, 1.165) is 56.1 Å². The van der Waals surface area contributed by atoms with Gasteiger partial charge in [0.25, 0.3) is 5.91 Å². The number of anilines is 1. The molecule has 0 aromatic carbocycles. The second-order valence-electron chi connectivity index (χ2n) is 6.82. The SMILES string of the molecule is O=C(c1ccnc(N2CCCC2)c1)N1CCC[C@@H](c2ccncn2)C1. The molecule has 2 fully saturated rings. The van der Waals surface area contributed by atoms with Crippen LogP contribution in [0.2, 0.25) is 0 Å². The lowest BCUT2D eigenvalue weighted by molar-refractivity contribution is 0.0706. The molecule has 1 atom stereocenters. The topological polar surface area (TPSA) is 62.2 Å². The standard InChI is InChI=1S/C19H23N5O/c25-19(15-5-8-21-18(12-15)23-9-1-2-10-23)24-11-3-4-16(13-24)17-6-7-20-14-22-17/h5-8,12,14,16H,1-4,9-11,13H2/t16-/m1/s1. The van der Waals surface area contributed by atoms with E-state index in [0.29, 0.717) is 5.92 Å². The minimum absolute atomic E-state index is 0.0987. The molecular formula is C19H23N5O. The lowest BCUT2D eigenvalue weighted by Gasteiger charge is -2.32. The van der Waals surface area contributed by atoms with Crippen molar-refractivity contribution < 1.29 is 4.79 Å². The van der Waals surface area contributed by atoms with Crippen molar-refractivity contribution in [1.82, 2.24) is 19.9 Å². The average Bonchev–Trinajstić information content (AvgIpc) is 3.23. The van der Waals surface area contributed by atoms with Gasteiger partial charge in [0.2, 0.25) is 0 Å². The molecule has 0 aliphatic carbocycles. The fourth-order valence-corrected chi connectivity index (χ4v) is 3.80. The molecule has 0 spiro atoms. The van der Waals surface area contributed by atoms with E-state index in [2.05, 4.69) is 19.9 Å². The number of nitrogens with zero attached hydrogens (tertiary/aromatic N) is 5. The Labute approximate surface area is 147 Å². The fourth-order valence-electron chi connectivity index (χ4n) is 3.80. The highest BCUT2D eigenvalue weighted by Gasteiger charge is 2.26. The van der Waals surface area contributed by atoms with Gasteiger partial charge in [-0.1, -0.05) is 0 Å². The first-order valence-electron chi connectivity index (χ1n) is 9.07. The highest BCUT2D eigenvalue weighted by atomic mass is 16.2. The minimum atomic E-state index is 0.0987. The van der Waals surface area contributed by atoms with Crippen molar-refractivity contribution in [1.29, 1.82) is 0 Å². The van der Waals surface area contributed by atoms with Crippen LogP contribution in [0.5, 0.6) is 0 Å². The Morgan fingerprint density at radius 1 is 1.04 bits per heavy atom. The van der Waals surface area contributed by atoms with Crippen LogP contribution in [0, 0.1) is 0 Å². The quantitative estimate of drug-likeness (QED) is 0.861. The third-order valence-corrected chi connectivity index (χ3v) is 5.15. The van der Waals surface area contributed by atoms with Crippen LogP contribution >= 0.6 is 0 Å². The summed E-state index contributed by atoms with van der Waals surface area (Å²) in [7, 11) is 0. The summed E-state index contributed by atoms with van der Waals surface area (Å²) in [4.78, 5) is 30.0. The molecule has 0 radical (unpaired) electrons. The average molecular weight is 337 g/mol. The first-order valence-corrected chi connectivity index (χ1v) is 9.07. The molecule has 6 nitrogen and oxygen atoms in total. The molecule has 130 valence electrons. The molecule has 0 unspecified atom stereocenters. The normalized spacial score (nSPS) is 20.7. The number of likely N-dealkylation sites (tertiary alicyclic amines) is 1. The number of rotatable bonds is 3. The van der Waals surface area contributed by atoms with E-state index >= 15 is 0 Å². The Bertz CT molecular complexity index is 730. The van der Waals surface area contributed by atoms with Crippen molar-refractivity contribution in [2.75, 3.05) is 31.1 Å². The summed E-state index contributed by atoms with van der Waals surface area (Å²) < 4.78 is 0. The zero-order valence-corrected chi connectivity index (χ0v) is 14.3. The number of carbonyl (C=O) groups excluding carboxylic acids is 1. The van der Waals surface area contributed by atoms with E-state index in [1.807, 2.05) is 23.1 Å². The summed E-state index contributed by atoms with van der Waals surface area (Å²) in [6.45, 7) is 3.59. The first kappa shape index (κ1) is 16.0. The maximum atomic E-state index is 13.0. The molecule has 2 aliphatic heterocycles. The largest absolute Gasteiger partial charge is 0.357 e. The first-order chi connectivity index (χ1) is 12.3. The lowest BCUT2D eigenvalue weighted by Crippen LogP contribution is -2.39. The van der Waals surface area contributed by atoms with Crippen LogP contribution in [-0.4, -0.2) is 51.9 Å². The van der Waals surface area contributed by atoms with E-state index in [1.54, 1.807) is 18.7 Å². The number of hydrogen-bond donors (Lipinski definition) is 0. The number of aromatic nitrogens is 3. The van der Waals surface area contributed by atoms with Crippen molar-refractivity contribution in [2.24, 2.45) is 0 Å². The van der Waals surface area contributed by atoms with Crippen LogP contribution in [0.1, 0.15) is 47.7 Å². The minimum Gasteiger partial charge on any atom is -0.357 e. The summed E-state index contributed by atoms with van der Waals surface area (Å²) in [6, 6.07) is 5.73. The second-order valence-corrected chi connectivity index (χ2v) is 6.82. The van der Waals surface area contributed by atoms with Gasteiger partial charge in [-0.05, 0) is 43.9 Å². The Morgan fingerprint density at radius 2 is 1.92 bits per heavy atom. The van der Waals surface area contributed by atoms with E-state index in [1.165, 1.54) is 12.8 Å². The molecule has 2 aromatic rings. The van der Waals surface area contributed by atoms with Crippen molar-refractivity contribution in [3.05, 3.63) is 48.2 Å². The van der Waals surface area contributed by atoms with E-state index in [-0.39, 0.29) is 5.91 Å². The van der Waals surface area contributed by atoms with Gasteiger partial charge in [-0.3, -0.25) is 4.79 Å². The van der Waals surface area contributed by atoms with Crippen molar-refractivity contribution in [3.63, 3.8) is 0 Å². The molecule has 2 aliphatic rings. The molecule has 0 saturated carbocycles. The molecule has 2 aromatic heterocycles. The summed E-state index contributed by atoms with van der Waals surface area (Å²) in [5, 5.41) is 0. The third-order valence-electron chi connectivity index (χ3n) is 5.15. The molecule has 4 rings (SSSR count). The number of hydrogen-bond acceptors (Lipinski definition) is 5. The Morgan fingerprint density at radius 3 is 2.72 bits per heavy atom. The van der Waals surface area contributed by atoms with Gasteiger partial charge in [-0.15, -0.1) is 0 Å². The van der Waals surface area contributed by atoms with Gasteiger partial charge in [0, 0.05) is 55.7 Å². The summed E-state index contributed by atoms with van der Waals surface area (Å²) >= 11 is 0. The highest BCUT2D eigenvalue weighted by Crippen LogP contribution is 2.27. The molecule has 4 heterocycles. The van der Waals surface area contributed by atoms with Crippen LogP contribution in [0.25, 0.3) is 0 Å². The maximum absolute atomic E-state index is 13.0. The summed E-state index contributed by atoms with van der Waals surface area (Å²) in [5.74, 6) is 1.31. The van der Waals surface area contributed by atoms with Gasteiger partial charge in [0.05, 0.1) is 0 Å². The van der Waals surface area contributed by atoms with Crippen LogP contribution in [-0.2, 0) is 0 Å². The van der Waals surface area contributed by atoms with E-state index in [9.17, 15) is 4.79 Å². The Hall–Kier alpha value is -2.50. The molecule has 0 N–H and O–H groups in total. The monoisotopic (exact) mass is 337 g/mol. The number of carbonyl (C=O) groups is 1. The molecule has 0 bridgehead atoms. The zero-order chi connectivity index (χ0) is 17.1. The predicted molar refractivity (Wildman–Crippen MR) is 95.6 cm³/mol. The van der Waals surface area contributed by atoms with Crippen LogP contribution in [0.4, 0.5) is 5.82 Å². The van der Waals surface area contributed by atoms with Crippen LogP contribution < -0.4 is 4.90 Å². The lowest BCUT2D eigenvalue weighted by atomic mass is 9.94. The van der Waals surface area contributed by atoms with Gasteiger partial charge in [0.15, 0.2) is 0 Å². The maximum Gasteiger partial charge on any atom is 0.254 e. The van der Waals surface area contributed by atoms with Crippen molar-refractivity contribution >= 4 is 11.7 Å². The number of amides is 1. The molecule has 2 saturated heterocycles. The van der Waals surface area contributed by atoms with Crippen molar-refractivity contribution in [2.45, 2.75) is 31.6 Å². The Kier molecular flexibility index (Phi) is 4.59. The van der Waals surface area contributed by atoms with Gasteiger partial charge in [-0.25, -0.2) is 15.0 Å². The van der Waals surface area contributed by atoms with E-state index < -0.39 is 0 Å². The second kappa shape index (κ2) is 7.17. The zero-order valence-electron chi connectivity index (χ0n) is 14.3. The number of piperidine rings is 1. The smallest absolute Gasteiger partial charge is 0.254 e. The molecule has 6 heteroatoms. The summed E-state index contributed by atoms with van der Waals surface area (Å²) in [6.07, 6.45) is 9.59. The van der Waals surface area contributed by atoms with Gasteiger partial charge in [-0.2, -0.15) is 0 Å². The number of pyridine rings is 1. The molecular weight excluding hydrogens is 314 g/mol. The Balaban J connectivity index is 1.49. The van der Waals surface area contributed by atoms with Gasteiger partial charge >= 0.3 is 0 Å². The van der Waals surface area contributed by atoms with Gasteiger partial charge in [0.1, 0.15) is 12.1 Å². The summed E-state index contributed by atoms with van der Waals surface area (Å²) in [5.41, 5.74) is 1.76. The van der Waals surface area contributed by atoms with Crippen LogP contribution in [0.15, 0.2) is 36.9 Å².